The number of hydrogen-bond donors (Lipinski definition) is 0. The van der Waals surface area contributed by atoms with Crippen LogP contribution in [0.3, 0.4) is 0 Å². The highest BCUT2D eigenvalue weighted by atomic mass is 32.1. The fourth-order valence-corrected chi connectivity index (χ4v) is 2.26. The van der Waals surface area contributed by atoms with Crippen LogP contribution < -0.4 is 4.80 Å². The minimum Gasteiger partial charge on any atom is -0.401 e. The van der Waals surface area contributed by atoms with Gasteiger partial charge in [-0.15, -0.1) is 11.3 Å². The number of thiazole rings is 1. The van der Waals surface area contributed by atoms with Gasteiger partial charge in [0.15, 0.2) is 4.80 Å². The summed E-state index contributed by atoms with van der Waals surface area (Å²) in [6, 6.07) is 2.90. The first kappa shape index (κ1) is 12.3. The van der Waals surface area contributed by atoms with Crippen molar-refractivity contribution in [2.24, 2.45) is 12.0 Å². The molecule has 0 saturated heterocycles. The van der Waals surface area contributed by atoms with E-state index in [9.17, 15) is 10.1 Å². The molecule has 0 N–H and O–H groups in total. The van der Waals surface area contributed by atoms with Gasteiger partial charge in [0.2, 0.25) is 0 Å². The Morgan fingerprint density at radius 2 is 2.28 bits per heavy atom. The maximum Gasteiger partial charge on any atom is 0.433 e. The standard InChI is InChI=1S/C11H11N3O3S/c1-12-11-13(2)8(7-18-11)3-4-9-5-6-10(17-9)14(15)16/h3-7H,1-2H3. The maximum absolute atomic E-state index is 10.5. The smallest absolute Gasteiger partial charge is 0.401 e. The lowest BCUT2D eigenvalue weighted by atomic mass is 10.3. The first-order chi connectivity index (χ1) is 8.61. The summed E-state index contributed by atoms with van der Waals surface area (Å²) in [7, 11) is 3.64. The lowest BCUT2D eigenvalue weighted by molar-refractivity contribution is -0.402. The Hall–Kier alpha value is -2.15. The molecule has 94 valence electrons. The van der Waals surface area contributed by atoms with E-state index in [-0.39, 0.29) is 5.88 Å². The highest BCUT2D eigenvalue weighted by molar-refractivity contribution is 7.07. The van der Waals surface area contributed by atoms with E-state index in [0.29, 0.717) is 5.76 Å². The minimum absolute atomic E-state index is 0.256. The molecule has 0 spiro atoms. The molecular formula is C11H11N3O3S. The van der Waals surface area contributed by atoms with E-state index in [4.69, 9.17) is 4.42 Å². The summed E-state index contributed by atoms with van der Waals surface area (Å²) in [6.45, 7) is 0. The fraction of sp³-hybridized carbons (Fsp3) is 0.182. The molecule has 2 aromatic rings. The Balaban J connectivity index is 2.24. The zero-order valence-corrected chi connectivity index (χ0v) is 10.7. The van der Waals surface area contributed by atoms with Crippen molar-refractivity contribution in [2.75, 3.05) is 7.05 Å². The molecule has 0 atom stereocenters. The van der Waals surface area contributed by atoms with Gasteiger partial charge in [-0.2, -0.15) is 0 Å². The van der Waals surface area contributed by atoms with Crippen molar-refractivity contribution in [1.82, 2.24) is 4.57 Å². The maximum atomic E-state index is 10.5. The van der Waals surface area contributed by atoms with Crippen molar-refractivity contribution < 1.29 is 9.34 Å². The van der Waals surface area contributed by atoms with E-state index in [1.165, 1.54) is 17.4 Å². The molecule has 0 amide bonds. The molecule has 0 saturated carbocycles. The Labute approximate surface area is 107 Å². The number of furan rings is 1. The second-order valence-electron chi connectivity index (χ2n) is 3.49. The van der Waals surface area contributed by atoms with E-state index >= 15 is 0 Å². The summed E-state index contributed by atoms with van der Waals surface area (Å²) < 4.78 is 6.95. The number of aromatic nitrogens is 1. The van der Waals surface area contributed by atoms with Gasteiger partial charge < -0.3 is 8.98 Å². The predicted octanol–water partition coefficient (Wildman–Crippen LogP) is 2.29. The van der Waals surface area contributed by atoms with Gasteiger partial charge in [-0.1, -0.05) is 0 Å². The molecule has 2 rings (SSSR count). The molecule has 0 aliphatic heterocycles. The van der Waals surface area contributed by atoms with E-state index in [1.807, 2.05) is 23.1 Å². The summed E-state index contributed by atoms with van der Waals surface area (Å²) in [4.78, 5) is 14.9. The minimum atomic E-state index is -0.560. The van der Waals surface area contributed by atoms with Gasteiger partial charge in [0, 0.05) is 19.5 Å². The van der Waals surface area contributed by atoms with Crippen LogP contribution in [0, 0.1) is 10.1 Å². The highest BCUT2D eigenvalue weighted by Gasteiger charge is 2.09. The van der Waals surface area contributed by atoms with E-state index < -0.39 is 4.92 Å². The quantitative estimate of drug-likeness (QED) is 0.631. The van der Waals surface area contributed by atoms with Crippen molar-refractivity contribution in [3.63, 3.8) is 0 Å². The molecule has 18 heavy (non-hydrogen) atoms. The molecule has 7 heteroatoms. The Kier molecular flexibility index (Phi) is 3.42. The van der Waals surface area contributed by atoms with Crippen molar-refractivity contribution >= 4 is 29.4 Å². The topological polar surface area (TPSA) is 73.6 Å². The molecule has 2 heterocycles. The molecule has 0 unspecified atom stereocenters. The number of nitro groups is 1. The van der Waals surface area contributed by atoms with Crippen LogP contribution in [0.15, 0.2) is 26.9 Å². The normalized spacial score (nSPS) is 12.4. The van der Waals surface area contributed by atoms with Crippen LogP contribution in [-0.4, -0.2) is 16.5 Å². The first-order valence-corrected chi connectivity index (χ1v) is 5.99. The third-order valence-electron chi connectivity index (χ3n) is 2.36. The van der Waals surface area contributed by atoms with Crippen molar-refractivity contribution in [3.8, 4) is 0 Å². The zero-order chi connectivity index (χ0) is 13.1. The molecule has 0 fully saturated rings. The second-order valence-corrected chi connectivity index (χ2v) is 4.33. The Bertz CT molecular complexity index is 663. The summed E-state index contributed by atoms with van der Waals surface area (Å²) in [6.07, 6.45) is 3.52. The Morgan fingerprint density at radius 3 is 2.83 bits per heavy atom. The van der Waals surface area contributed by atoms with Crippen molar-refractivity contribution in [2.45, 2.75) is 0 Å². The summed E-state index contributed by atoms with van der Waals surface area (Å²) in [5, 5.41) is 12.4. The largest absolute Gasteiger partial charge is 0.433 e. The van der Waals surface area contributed by atoms with E-state index in [2.05, 4.69) is 4.99 Å². The third-order valence-corrected chi connectivity index (χ3v) is 3.39. The van der Waals surface area contributed by atoms with E-state index in [0.717, 1.165) is 10.5 Å². The van der Waals surface area contributed by atoms with Gasteiger partial charge >= 0.3 is 5.88 Å². The second kappa shape index (κ2) is 5.01. The third kappa shape index (κ3) is 2.40. The average Bonchev–Trinajstić information content (AvgIpc) is 2.93. The molecule has 0 aromatic carbocycles. The van der Waals surface area contributed by atoms with Crippen LogP contribution in [0.5, 0.6) is 0 Å². The van der Waals surface area contributed by atoms with Crippen LogP contribution in [0.2, 0.25) is 0 Å². The van der Waals surface area contributed by atoms with Crippen molar-refractivity contribution in [3.05, 3.63) is 43.9 Å². The van der Waals surface area contributed by atoms with Gasteiger partial charge in [-0.3, -0.25) is 15.1 Å². The lowest BCUT2D eigenvalue weighted by Crippen LogP contribution is -2.10. The van der Waals surface area contributed by atoms with Gasteiger partial charge in [-0.05, 0) is 18.2 Å². The highest BCUT2D eigenvalue weighted by Crippen LogP contribution is 2.17. The van der Waals surface area contributed by atoms with Gasteiger partial charge in [0.05, 0.1) is 11.8 Å². The number of nitrogens with zero attached hydrogens (tertiary/aromatic N) is 3. The predicted molar refractivity (Wildman–Crippen MR) is 69.1 cm³/mol. The zero-order valence-electron chi connectivity index (χ0n) is 9.86. The summed E-state index contributed by atoms with van der Waals surface area (Å²) in [5.41, 5.74) is 0.958. The molecule has 6 nitrogen and oxygen atoms in total. The monoisotopic (exact) mass is 265 g/mol. The van der Waals surface area contributed by atoms with Gasteiger partial charge in [0.1, 0.15) is 10.7 Å². The van der Waals surface area contributed by atoms with Gasteiger partial charge in [-0.25, -0.2) is 0 Å². The van der Waals surface area contributed by atoms with Crippen molar-refractivity contribution in [1.29, 1.82) is 0 Å². The number of hydrogen-bond acceptors (Lipinski definition) is 5. The molecule has 2 aromatic heterocycles. The molecule has 0 aliphatic rings. The SMILES string of the molecule is CN=c1scc(C=Cc2ccc([N+](=O)[O-])o2)n1C. The lowest BCUT2D eigenvalue weighted by Gasteiger charge is -1.94. The summed E-state index contributed by atoms with van der Waals surface area (Å²) in [5.74, 6) is 0.191. The van der Waals surface area contributed by atoms with Gasteiger partial charge in [0.25, 0.3) is 0 Å². The fourth-order valence-electron chi connectivity index (χ4n) is 1.43. The van der Waals surface area contributed by atoms with Crippen LogP contribution in [-0.2, 0) is 7.05 Å². The first-order valence-electron chi connectivity index (χ1n) is 5.11. The molecule has 0 aliphatic carbocycles. The van der Waals surface area contributed by atoms with Crippen LogP contribution in [0.25, 0.3) is 12.2 Å². The van der Waals surface area contributed by atoms with Crippen LogP contribution in [0.4, 0.5) is 5.88 Å². The van der Waals surface area contributed by atoms with E-state index in [1.54, 1.807) is 19.2 Å². The number of rotatable bonds is 3. The average molecular weight is 265 g/mol. The van der Waals surface area contributed by atoms with Crippen LogP contribution in [0.1, 0.15) is 11.5 Å². The molecule has 0 radical (unpaired) electrons. The van der Waals surface area contributed by atoms with Crippen LogP contribution >= 0.6 is 11.3 Å². The molecular weight excluding hydrogens is 254 g/mol. The Morgan fingerprint density at radius 1 is 1.50 bits per heavy atom. The summed E-state index contributed by atoms with van der Waals surface area (Å²) >= 11 is 1.53. The molecule has 0 bridgehead atoms.